The molecular formula is C22H27NO6. The maximum absolute atomic E-state index is 12.8. The van der Waals surface area contributed by atoms with E-state index in [1.54, 1.807) is 37.3 Å². The van der Waals surface area contributed by atoms with Crippen molar-refractivity contribution in [2.45, 2.75) is 26.3 Å². The van der Waals surface area contributed by atoms with Crippen molar-refractivity contribution < 1.29 is 28.5 Å². The Balaban J connectivity index is 2.24. The lowest BCUT2D eigenvalue weighted by atomic mass is 10.0. The minimum Gasteiger partial charge on any atom is -0.494 e. The molecule has 29 heavy (non-hydrogen) atoms. The van der Waals surface area contributed by atoms with Gasteiger partial charge in [-0.3, -0.25) is 9.59 Å². The van der Waals surface area contributed by atoms with Crippen LogP contribution in [0, 0.1) is 0 Å². The Morgan fingerprint density at radius 3 is 2.21 bits per heavy atom. The minimum absolute atomic E-state index is 0.0147. The molecule has 1 unspecified atom stereocenters. The summed E-state index contributed by atoms with van der Waals surface area (Å²) in [6.45, 7) is 4.48. The molecule has 0 aromatic heterocycles. The van der Waals surface area contributed by atoms with Crippen LogP contribution in [0.1, 0.15) is 42.2 Å². The van der Waals surface area contributed by atoms with Gasteiger partial charge in [-0.25, -0.2) is 0 Å². The molecule has 7 heteroatoms. The molecule has 0 saturated carbocycles. The predicted molar refractivity (Wildman–Crippen MR) is 109 cm³/mol. The van der Waals surface area contributed by atoms with Crippen molar-refractivity contribution in [3.05, 3.63) is 53.6 Å². The van der Waals surface area contributed by atoms with Gasteiger partial charge < -0.3 is 24.3 Å². The fourth-order valence-electron chi connectivity index (χ4n) is 2.82. The molecule has 7 nitrogen and oxygen atoms in total. The Morgan fingerprint density at radius 2 is 1.62 bits per heavy atom. The number of esters is 1. The molecule has 0 fully saturated rings. The van der Waals surface area contributed by atoms with Crippen molar-refractivity contribution in [2.75, 3.05) is 27.4 Å². The number of hydrogen-bond acceptors (Lipinski definition) is 6. The number of nitrogens with one attached hydrogen (secondary N) is 1. The summed E-state index contributed by atoms with van der Waals surface area (Å²) in [5.41, 5.74) is 1.16. The van der Waals surface area contributed by atoms with Crippen LogP contribution in [0.25, 0.3) is 0 Å². The molecule has 0 saturated heterocycles. The van der Waals surface area contributed by atoms with Crippen molar-refractivity contribution >= 4 is 11.9 Å². The summed E-state index contributed by atoms with van der Waals surface area (Å²) in [5, 5.41) is 2.90. The van der Waals surface area contributed by atoms with E-state index in [0.717, 1.165) is 11.3 Å². The number of carbonyl (C=O) groups is 2. The zero-order valence-electron chi connectivity index (χ0n) is 17.2. The average molecular weight is 401 g/mol. The first-order valence-electron chi connectivity index (χ1n) is 9.43. The minimum atomic E-state index is -0.551. The van der Waals surface area contributed by atoms with E-state index in [-0.39, 0.29) is 24.9 Å². The van der Waals surface area contributed by atoms with Crippen LogP contribution < -0.4 is 19.5 Å². The van der Waals surface area contributed by atoms with Crippen LogP contribution in [0.5, 0.6) is 17.2 Å². The van der Waals surface area contributed by atoms with Crippen LogP contribution in [0.2, 0.25) is 0 Å². The summed E-state index contributed by atoms with van der Waals surface area (Å²) in [4.78, 5) is 24.9. The van der Waals surface area contributed by atoms with Gasteiger partial charge in [0.25, 0.3) is 5.91 Å². The highest BCUT2D eigenvalue weighted by Crippen LogP contribution is 2.28. The van der Waals surface area contributed by atoms with E-state index < -0.39 is 6.04 Å². The lowest BCUT2D eigenvalue weighted by Gasteiger charge is -2.19. The first kappa shape index (κ1) is 22.1. The van der Waals surface area contributed by atoms with Crippen molar-refractivity contribution in [2.24, 2.45) is 0 Å². The fourth-order valence-corrected chi connectivity index (χ4v) is 2.82. The van der Waals surface area contributed by atoms with E-state index in [1.165, 1.54) is 14.2 Å². The van der Waals surface area contributed by atoms with Crippen LogP contribution in [-0.2, 0) is 9.53 Å². The van der Waals surface area contributed by atoms with E-state index in [4.69, 9.17) is 18.9 Å². The smallest absolute Gasteiger partial charge is 0.308 e. The Labute approximate surface area is 170 Å². The van der Waals surface area contributed by atoms with E-state index in [0.29, 0.717) is 23.7 Å². The molecule has 156 valence electrons. The third-order valence-electron chi connectivity index (χ3n) is 4.22. The van der Waals surface area contributed by atoms with Crippen LogP contribution in [0.15, 0.2) is 42.5 Å². The Morgan fingerprint density at radius 1 is 0.931 bits per heavy atom. The highest BCUT2D eigenvalue weighted by molar-refractivity contribution is 5.95. The molecule has 0 aliphatic rings. The number of ether oxygens (including phenoxy) is 4. The average Bonchev–Trinajstić information content (AvgIpc) is 2.73. The molecule has 2 rings (SSSR count). The second-order valence-electron chi connectivity index (χ2n) is 6.11. The molecule has 1 amide bonds. The van der Waals surface area contributed by atoms with Crippen LogP contribution >= 0.6 is 0 Å². The number of hydrogen-bond donors (Lipinski definition) is 1. The predicted octanol–water partition coefficient (Wildman–Crippen LogP) is 3.53. The highest BCUT2D eigenvalue weighted by atomic mass is 16.5. The Bertz CT molecular complexity index is 819. The van der Waals surface area contributed by atoms with E-state index in [1.807, 2.05) is 19.1 Å². The molecule has 0 aliphatic heterocycles. The SMILES string of the molecule is CCOC(=O)CC(NC(=O)c1ccc(OC)c(OC)c1)c1ccc(OCC)cc1. The summed E-state index contributed by atoms with van der Waals surface area (Å²) in [6.07, 6.45) is 0.0147. The van der Waals surface area contributed by atoms with Crippen molar-refractivity contribution in [1.29, 1.82) is 0 Å². The Kier molecular flexibility index (Phi) is 8.33. The third-order valence-corrected chi connectivity index (χ3v) is 4.22. The zero-order valence-corrected chi connectivity index (χ0v) is 17.2. The molecule has 1 atom stereocenters. The molecule has 0 spiro atoms. The van der Waals surface area contributed by atoms with Gasteiger partial charge in [0.15, 0.2) is 11.5 Å². The van der Waals surface area contributed by atoms with Crippen LogP contribution in [0.4, 0.5) is 0 Å². The first-order valence-corrected chi connectivity index (χ1v) is 9.43. The van der Waals surface area contributed by atoms with Gasteiger partial charge in [-0.2, -0.15) is 0 Å². The van der Waals surface area contributed by atoms with E-state index in [9.17, 15) is 9.59 Å². The maximum Gasteiger partial charge on any atom is 0.308 e. The molecule has 2 aromatic rings. The molecule has 1 N–H and O–H groups in total. The number of carbonyl (C=O) groups excluding carboxylic acids is 2. The first-order chi connectivity index (χ1) is 14.0. The van der Waals surface area contributed by atoms with Gasteiger partial charge in [0, 0.05) is 5.56 Å². The second kappa shape index (κ2) is 10.9. The molecule has 0 radical (unpaired) electrons. The van der Waals surface area contributed by atoms with Gasteiger partial charge in [0.1, 0.15) is 5.75 Å². The Hall–Kier alpha value is -3.22. The maximum atomic E-state index is 12.8. The summed E-state index contributed by atoms with van der Waals surface area (Å²) < 4.78 is 21.0. The number of amides is 1. The zero-order chi connectivity index (χ0) is 21.2. The lowest BCUT2D eigenvalue weighted by Crippen LogP contribution is -2.30. The van der Waals surface area contributed by atoms with Gasteiger partial charge in [0.05, 0.1) is 39.9 Å². The summed E-state index contributed by atoms with van der Waals surface area (Å²) in [7, 11) is 3.03. The van der Waals surface area contributed by atoms with Gasteiger partial charge in [0.2, 0.25) is 0 Å². The quantitative estimate of drug-likeness (QED) is 0.613. The summed E-state index contributed by atoms with van der Waals surface area (Å²) >= 11 is 0. The second-order valence-corrected chi connectivity index (χ2v) is 6.11. The molecular weight excluding hydrogens is 374 g/mol. The largest absolute Gasteiger partial charge is 0.494 e. The molecule has 2 aromatic carbocycles. The summed E-state index contributed by atoms with van der Waals surface area (Å²) in [6, 6.07) is 11.6. The van der Waals surface area contributed by atoms with Gasteiger partial charge in [-0.15, -0.1) is 0 Å². The van der Waals surface area contributed by atoms with Crippen molar-refractivity contribution in [1.82, 2.24) is 5.32 Å². The van der Waals surface area contributed by atoms with E-state index >= 15 is 0 Å². The highest BCUT2D eigenvalue weighted by Gasteiger charge is 2.21. The van der Waals surface area contributed by atoms with Crippen LogP contribution in [0.3, 0.4) is 0 Å². The normalized spacial score (nSPS) is 11.3. The number of benzene rings is 2. The molecule has 0 bridgehead atoms. The lowest BCUT2D eigenvalue weighted by molar-refractivity contribution is -0.143. The van der Waals surface area contributed by atoms with Crippen LogP contribution in [-0.4, -0.2) is 39.3 Å². The fraction of sp³-hybridized carbons (Fsp3) is 0.364. The topological polar surface area (TPSA) is 83.1 Å². The monoisotopic (exact) mass is 401 g/mol. The number of methoxy groups -OCH3 is 2. The molecule has 0 aliphatic carbocycles. The van der Waals surface area contributed by atoms with Crippen molar-refractivity contribution in [3.8, 4) is 17.2 Å². The standard InChI is InChI=1S/C22H27NO6/c1-5-28-17-10-7-15(8-11-17)18(14-21(24)29-6-2)23-22(25)16-9-12-19(26-3)20(13-16)27-4/h7-13,18H,5-6,14H2,1-4H3,(H,23,25). The van der Waals surface area contributed by atoms with E-state index in [2.05, 4.69) is 5.32 Å². The van der Waals surface area contributed by atoms with Crippen molar-refractivity contribution in [3.63, 3.8) is 0 Å². The third kappa shape index (κ3) is 6.14. The van der Waals surface area contributed by atoms with Gasteiger partial charge >= 0.3 is 5.97 Å². The molecule has 0 heterocycles. The van der Waals surface area contributed by atoms with Gasteiger partial charge in [-0.1, -0.05) is 12.1 Å². The van der Waals surface area contributed by atoms with Gasteiger partial charge in [-0.05, 0) is 49.7 Å². The number of rotatable bonds is 10. The summed E-state index contributed by atoms with van der Waals surface area (Å²) in [5.74, 6) is 0.965.